The van der Waals surface area contributed by atoms with Gasteiger partial charge in [-0.25, -0.2) is 14.8 Å². The molecule has 196 valence electrons. The van der Waals surface area contributed by atoms with Gasteiger partial charge in [-0.05, 0) is 62.1 Å². The molecular formula is C26H31ClN6O4. The molecule has 4 rings (SSSR count). The molecule has 37 heavy (non-hydrogen) atoms. The number of halogens is 1. The number of ether oxygens (including phenoxy) is 1. The van der Waals surface area contributed by atoms with E-state index in [0.717, 1.165) is 16.7 Å². The van der Waals surface area contributed by atoms with Crippen molar-refractivity contribution in [3.8, 4) is 11.3 Å². The zero-order valence-corrected chi connectivity index (χ0v) is 22.6. The number of aromatic nitrogens is 4. The first-order chi connectivity index (χ1) is 17.3. The molecule has 3 aromatic rings. The van der Waals surface area contributed by atoms with E-state index in [1.165, 1.54) is 0 Å². The summed E-state index contributed by atoms with van der Waals surface area (Å²) in [6.07, 6.45) is 1.64. The van der Waals surface area contributed by atoms with Gasteiger partial charge < -0.3 is 19.5 Å². The summed E-state index contributed by atoms with van der Waals surface area (Å²) in [5.74, 6) is -0.109. The van der Waals surface area contributed by atoms with Gasteiger partial charge in [0.2, 0.25) is 11.2 Å². The van der Waals surface area contributed by atoms with E-state index in [9.17, 15) is 9.59 Å². The molecule has 3 heterocycles. The van der Waals surface area contributed by atoms with E-state index < -0.39 is 23.6 Å². The van der Waals surface area contributed by atoms with Gasteiger partial charge >= 0.3 is 6.09 Å². The Hall–Kier alpha value is -3.53. The standard InChI is InChI=1S/C26H31ClN6O4/c1-25(2,3)22-31-20(32-37-22)21(34)29-19-10-12-33(24(35)36-26(4,5)6)14-16-13-15(7-8-17(16)19)18-9-11-28-23(27)30-18/h7-9,11,13,19H,10,12,14H2,1-6H3,(H,29,34)/t19-/m1/s1. The van der Waals surface area contributed by atoms with Crippen molar-refractivity contribution >= 4 is 23.6 Å². The largest absolute Gasteiger partial charge is 0.444 e. The SMILES string of the molecule is CC(C)(C)OC(=O)N1CC[C@@H](NC(=O)c2noc(C(C)(C)C)n2)c2ccc(-c3ccnc(Cl)n3)cc2C1. The van der Waals surface area contributed by atoms with Crippen LogP contribution in [-0.2, 0) is 16.7 Å². The van der Waals surface area contributed by atoms with Gasteiger partial charge in [-0.3, -0.25) is 4.79 Å². The Balaban J connectivity index is 1.66. The number of amides is 2. The van der Waals surface area contributed by atoms with Crippen LogP contribution in [0.4, 0.5) is 4.79 Å². The van der Waals surface area contributed by atoms with Crippen LogP contribution in [-0.4, -0.2) is 49.2 Å². The van der Waals surface area contributed by atoms with Crippen LogP contribution in [0.5, 0.6) is 0 Å². The van der Waals surface area contributed by atoms with Crippen molar-refractivity contribution in [2.24, 2.45) is 0 Å². The molecule has 2 amide bonds. The highest BCUT2D eigenvalue weighted by atomic mass is 35.5. The minimum atomic E-state index is -0.636. The monoisotopic (exact) mass is 526 g/mol. The fraction of sp³-hybridized carbons (Fsp3) is 0.462. The summed E-state index contributed by atoms with van der Waals surface area (Å²) in [6, 6.07) is 7.15. The molecule has 10 nitrogen and oxygen atoms in total. The number of carbonyl (C=O) groups is 2. The molecule has 1 atom stereocenters. The molecule has 0 aliphatic carbocycles. The van der Waals surface area contributed by atoms with E-state index in [0.29, 0.717) is 31.1 Å². The summed E-state index contributed by atoms with van der Waals surface area (Å²) in [7, 11) is 0. The minimum Gasteiger partial charge on any atom is -0.444 e. The molecule has 0 fully saturated rings. The van der Waals surface area contributed by atoms with Crippen LogP contribution < -0.4 is 5.32 Å². The summed E-state index contributed by atoms with van der Waals surface area (Å²) in [4.78, 5) is 40.2. The predicted octanol–water partition coefficient (Wildman–Crippen LogP) is 5.09. The highest BCUT2D eigenvalue weighted by Gasteiger charge is 2.31. The van der Waals surface area contributed by atoms with Crippen LogP contribution in [0.25, 0.3) is 11.3 Å². The van der Waals surface area contributed by atoms with Gasteiger partial charge in [0.25, 0.3) is 11.7 Å². The number of nitrogens with zero attached hydrogens (tertiary/aromatic N) is 5. The van der Waals surface area contributed by atoms with E-state index in [1.807, 2.05) is 59.7 Å². The van der Waals surface area contributed by atoms with Gasteiger partial charge in [0.05, 0.1) is 11.7 Å². The van der Waals surface area contributed by atoms with Crippen molar-refractivity contribution in [1.29, 1.82) is 0 Å². The minimum absolute atomic E-state index is 0.0352. The third kappa shape index (κ3) is 6.43. The van der Waals surface area contributed by atoms with Crippen molar-refractivity contribution in [2.75, 3.05) is 6.54 Å². The maximum absolute atomic E-state index is 13.1. The molecule has 0 bridgehead atoms. The lowest BCUT2D eigenvalue weighted by molar-refractivity contribution is 0.0234. The lowest BCUT2D eigenvalue weighted by Gasteiger charge is -2.26. The van der Waals surface area contributed by atoms with Gasteiger partial charge in [-0.2, -0.15) is 4.98 Å². The number of hydrogen-bond donors (Lipinski definition) is 1. The Morgan fingerprint density at radius 1 is 1.14 bits per heavy atom. The lowest BCUT2D eigenvalue weighted by atomic mass is 9.96. The maximum Gasteiger partial charge on any atom is 0.410 e. The van der Waals surface area contributed by atoms with Gasteiger partial charge in [0, 0.05) is 30.3 Å². The Labute approximate surface area is 220 Å². The third-order valence-electron chi connectivity index (χ3n) is 5.72. The van der Waals surface area contributed by atoms with E-state index in [4.69, 9.17) is 20.9 Å². The zero-order valence-electron chi connectivity index (χ0n) is 21.8. The molecule has 1 N–H and O–H groups in total. The molecular weight excluding hydrogens is 496 g/mol. The first-order valence-corrected chi connectivity index (χ1v) is 12.4. The van der Waals surface area contributed by atoms with Crippen molar-refractivity contribution < 1.29 is 18.8 Å². The van der Waals surface area contributed by atoms with Crippen LogP contribution in [0.15, 0.2) is 35.0 Å². The fourth-order valence-corrected chi connectivity index (χ4v) is 4.09. The topological polar surface area (TPSA) is 123 Å². The summed E-state index contributed by atoms with van der Waals surface area (Å²) >= 11 is 6.00. The van der Waals surface area contributed by atoms with Crippen LogP contribution >= 0.6 is 11.6 Å². The normalized spacial score (nSPS) is 16.1. The van der Waals surface area contributed by atoms with E-state index in [-0.39, 0.29) is 16.5 Å². The lowest BCUT2D eigenvalue weighted by Crippen LogP contribution is -2.37. The Morgan fingerprint density at radius 3 is 2.54 bits per heavy atom. The number of fused-ring (bicyclic) bond motifs is 1. The first kappa shape index (κ1) is 26.5. The fourth-order valence-electron chi connectivity index (χ4n) is 3.94. The molecule has 11 heteroatoms. The molecule has 1 aliphatic heterocycles. The Bertz CT molecular complexity index is 1310. The second-order valence-electron chi connectivity index (χ2n) is 11.0. The third-order valence-corrected chi connectivity index (χ3v) is 5.90. The van der Waals surface area contributed by atoms with Gasteiger partial charge in [0.1, 0.15) is 5.60 Å². The van der Waals surface area contributed by atoms with Crippen LogP contribution in [0.1, 0.15) is 81.6 Å². The van der Waals surface area contributed by atoms with E-state index in [2.05, 4.69) is 25.4 Å². The molecule has 0 spiro atoms. The summed E-state index contributed by atoms with van der Waals surface area (Å²) < 4.78 is 10.9. The molecule has 0 unspecified atom stereocenters. The predicted molar refractivity (Wildman–Crippen MR) is 137 cm³/mol. The number of benzene rings is 1. The Morgan fingerprint density at radius 2 is 1.89 bits per heavy atom. The quantitative estimate of drug-likeness (QED) is 0.468. The molecule has 2 aromatic heterocycles. The highest BCUT2D eigenvalue weighted by molar-refractivity contribution is 6.28. The number of nitrogens with one attached hydrogen (secondary N) is 1. The average Bonchev–Trinajstić information content (AvgIpc) is 3.24. The average molecular weight is 527 g/mol. The van der Waals surface area contributed by atoms with Crippen molar-refractivity contribution in [3.63, 3.8) is 0 Å². The van der Waals surface area contributed by atoms with Crippen LogP contribution in [0, 0.1) is 0 Å². The van der Waals surface area contributed by atoms with Gasteiger partial charge in [0.15, 0.2) is 0 Å². The second-order valence-corrected chi connectivity index (χ2v) is 11.4. The summed E-state index contributed by atoms with van der Waals surface area (Å²) in [5, 5.41) is 7.03. The molecule has 0 radical (unpaired) electrons. The molecule has 1 aliphatic rings. The molecule has 0 saturated carbocycles. The van der Waals surface area contributed by atoms with Crippen LogP contribution in [0.2, 0.25) is 5.28 Å². The number of carbonyl (C=O) groups excluding carboxylic acids is 2. The van der Waals surface area contributed by atoms with Crippen molar-refractivity contribution in [2.45, 2.75) is 71.6 Å². The van der Waals surface area contributed by atoms with Gasteiger partial charge in [-0.1, -0.05) is 38.1 Å². The highest BCUT2D eigenvalue weighted by Crippen LogP contribution is 2.31. The summed E-state index contributed by atoms with van der Waals surface area (Å²) in [5.41, 5.74) is 2.18. The first-order valence-electron chi connectivity index (χ1n) is 12.0. The van der Waals surface area contributed by atoms with Gasteiger partial charge in [-0.15, -0.1) is 0 Å². The molecule has 1 aromatic carbocycles. The maximum atomic E-state index is 13.1. The van der Waals surface area contributed by atoms with E-state index >= 15 is 0 Å². The second kappa shape index (κ2) is 10.1. The number of rotatable bonds is 3. The van der Waals surface area contributed by atoms with E-state index in [1.54, 1.807) is 17.2 Å². The zero-order chi connectivity index (χ0) is 27.0. The van der Waals surface area contributed by atoms with Crippen molar-refractivity contribution in [1.82, 2.24) is 30.3 Å². The Kier molecular flexibility index (Phi) is 7.23. The van der Waals surface area contributed by atoms with Crippen LogP contribution in [0.3, 0.4) is 0 Å². The summed E-state index contributed by atoms with van der Waals surface area (Å²) in [6.45, 7) is 11.9. The molecule has 0 saturated heterocycles. The van der Waals surface area contributed by atoms with Crippen molar-refractivity contribution in [3.05, 3.63) is 58.6 Å². The smallest absolute Gasteiger partial charge is 0.410 e. The number of hydrogen-bond acceptors (Lipinski definition) is 8.